The lowest BCUT2D eigenvalue weighted by Crippen LogP contribution is -2.42. The smallest absolute Gasteiger partial charge is 0.443 e. The summed E-state index contributed by atoms with van der Waals surface area (Å²) in [5.41, 5.74) is 0.462. The lowest BCUT2D eigenvalue weighted by atomic mass is 9.85. The van der Waals surface area contributed by atoms with Gasteiger partial charge in [-0.1, -0.05) is 30.3 Å². The molecule has 24 heavy (non-hydrogen) atoms. The minimum atomic E-state index is -0.665. The Bertz CT molecular complexity index is 711. The van der Waals surface area contributed by atoms with Crippen molar-refractivity contribution in [3.05, 3.63) is 48.2 Å². The molecule has 1 aliphatic rings. The molecule has 1 fully saturated rings. The van der Waals surface area contributed by atoms with Gasteiger partial charge in [-0.05, 0) is 39.3 Å². The number of hydrogen-bond acceptors (Lipinski definition) is 5. The van der Waals surface area contributed by atoms with Crippen LogP contribution in [-0.2, 0) is 20.7 Å². The fourth-order valence-electron chi connectivity index (χ4n) is 2.39. The number of benzene rings is 1. The summed E-state index contributed by atoms with van der Waals surface area (Å²) in [7, 11) is -0.665. The molecule has 1 aromatic carbocycles. The van der Waals surface area contributed by atoms with E-state index in [9.17, 15) is 4.79 Å². The van der Waals surface area contributed by atoms with E-state index in [-0.39, 0.29) is 6.61 Å². The number of rotatable bonds is 3. The third-order valence-electron chi connectivity index (χ3n) is 4.54. The minimum absolute atomic E-state index is 0.183. The highest BCUT2D eigenvalue weighted by Gasteiger charge is 2.53. The monoisotopic (exact) mass is 328 g/mol. The van der Waals surface area contributed by atoms with Gasteiger partial charge in [0.25, 0.3) is 0 Å². The Morgan fingerprint density at radius 3 is 2.38 bits per heavy atom. The highest BCUT2D eigenvalue weighted by atomic mass is 16.7. The second-order valence-corrected chi connectivity index (χ2v) is 6.80. The first-order valence-corrected chi connectivity index (χ1v) is 7.91. The minimum Gasteiger partial charge on any atom is -0.443 e. The van der Waals surface area contributed by atoms with Crippen LogP contribution in [0.3, 0.4) is 0 Å². The van der Waals surface area contributed by atoms with Crippen LogP contribution in [0, 0.1) is 0 Å². The van der Waals surface area contributed by atoms with Crippen LogP contribution in [0.5, 0.6) is 0 Å². The standard InChI is InChI=1S/C17H21BN2O4/c1-16(2)17(3,4)24-18(23-16)14-10-11-19-20(14)15(21)22-12-13-8-6-5-7-9-13/h5-11H,12H2,1-4H3. The molecule has 2 heterocycles. The van der Waals surface area contributed by atoms with Crippen molar-refractivity contribution in [3.63, 3.8) is 0 Å². The van der Waals surface area contributed by atoms with E-state index in [0.717, 1.165) is 5.56 Å². The van der Waals surface area contributed by atoms with E-state index in [4.69, 9.17) is 14.0 Å². The van der Waals surface area contributed by atoms with Crippen LogP contribution in [0.15, 0.2) is 42.6 Å². The summed E-state index contributed by atoms with van der Waals surface area (Å²) in [4.78, 5) is 12.3. The van der Waals surface area contributed by atoms with Gasteiger partial charge >= 0.3 is 13.2 Å². The van der Waals surface area contributed by atoms with E-state index in [1.165, 1.54) is 10.9 Å². The maximum atomic E-state index is 12.3. The predicted molar refractivity (Wildman–Crippen MR) is 90.0 cm³/mol. The van der Waals surface area contributed by atoms with Gasteiger partial charge < -0.3 is 14.0 Å². The molecule has 3 rings (SSSR count). The van der Waals surface area contributed by atoms with Crippen LogP contribution < -0.4 is 5.59 Å². The Kier molecular flexibility index (Phi) is 4.23. The SMILES string of the molecule is CC1(C)OB(c2ccnn2C(=O)OCc2ccccc2)OC1(C)C. The fraction of sp³-hybridized carbons (Fsp3) is 0.412. The van der Waals surface area contributed by atoms with Gasteiger partial charge in [0.1, 0.15) is 6.61 Å². The van der Waals surface area contributed by atoms with E-state index < -0.39 is 24.4 Å². The molecule has 0 bridgehead atoms. The molecule has 7 heteroatoms. The van der Waals surface area contributed by atoms with E-state index in [0.29, 0.717) is 5.59 Å². The highest BCUT2D eigenvalue weighted by Crippen LogP contribution is 2.36. The number of ether oxygens (including phenoxy) is 1. The maximum Gasteiger partial charge on any atom is 0.514 e. The molecule has 0 saturated carbocycles. The normalized spacial score (nSPS) is 18.6. The first-order valence-electron chi connectivity index (χ1n) is 7.91. The van der Waals surface area contributed by atoms with Gasteiger partial charge in [0, 0.05) is 6.20 Å². The third-order valence-corrected chi connectivity index (χ3v) is 4.54. The first-order chi connectivity index (χ1) is 11.3. The summed E-state index contributed by atoms with van der Waals surface area (Å²) in [5, 5.41) is 4.05. The Balaban J connectivity index is 1.73. The lowest BCUT2D eigenvalue weighted by Gasteiger charge is -2.32. The van der Waals surface area contributed by atoms with Gasteiger partial charge in [-0.3, -0.25) is 0 Å². The molecular weight excluding hydrogens is 307 g/mol. The van der Waals surface area contributed by atoms with E-state index in [2.05, 4.69) is 5.10 Å². The molecule has 0 spiro atoms. The Morgan fingerprint density at radius 2 is 1.75 bits per heavy atom. The zero-order chi connectivity index (χ0) is 17.4. The van der Waals surface area contributed by atoms with Crippen molar-refractivity contribution in [1.29, 1.82) is 0 Å². The number of nitrogens with zero attached hydrogens (tertiary/aromatic N) is 2. The molecule has 0 unspecified atom stereocenters. The number of aromatic nitrogens is 2. The summed E-state index contributed by atoms with van der Waals surface area (Å²) in [6, 6.07) is 11.2. The number of hydrogen-bond donors (Lipinski definition) is 0. The van der Waals surface area contributed by atoms with Crippen molar-refractivity contribution >= 4 is 18.8 Å². The average molecular weight is 328 g/mol. The summed E-state index contributed by atoms with van der Waals surface area (Å²) >= 11 is 0. The van der Waals surface area contributed by atoms with E-state index in [1.54, 1.807) is 6.07 Å². The van der Waals surface area contributed by atoms with Crippen LogP contribution in [0.2, 0.25) is 0 Å². The zero-order valence-corrected chi connectivity index (χ0v) is 14.4. The van der Waals surface area contributed by atoms with Crippen LogP contribution in [0.4, 0.5) is 4.79 Å². The molecule has 2 aromatic rings. The quantitative estimate of drug-likeness (QED) is 0.810. The van der Waals surface area contributed by atoms with Gasteiger partial charge in [0.2, 0.25) is 0 Å². The number of carbonyl (C=O) groups excluding carboxylic acids is 1. The zero-order valence-electron chi connectivity index (χ0n) is 14.4. The molecule has 0 aliphatic carbocycles. The number of carbonyl (C=O) groups is 1. The predicted octanol–water partition coefficient (Wildman–Crippen LogP) is 2.37. The van der Waals surface area contributed by atoms with Crippen molar-refractivity contribution in [1.82, 2.24) is 9.78 Å². The van der Waals surface area contributed by atoms with Crippen molar-refractivity contribution < 1.29 is 18.8 Å². The Hall–Kier alpha value is -2.12. The fourth-order valence-corrected chi connectivity index (χ4v) is 2.39. The van der Waals surface area contributed by atoms with Crippen LogP contribution >= 0.6 is 0 Å². The molecule has 1 saturated heterocycles. The molecule has 126 valence electrons. The van der Waals surface area contributed by atoms with E-state index in [1.807, 2.05) is 58.0 Å². The van der Waals surface area contributed by atoms with Gasteiger partial charge in [0.05, 0.1) is 16.8 Å². The van der Waals surface area contributed by atoms with Crippen LogP contribution in [0.25, 0.3) is 0 Å². The molecule has 1 aromatic heterocycles. The molecule has 0 N–H and O–H groups in total. The molecule has 0 radical (unpaired) electrons. The summed E-state index contributed by atoms with van der Waals surface area (Å²) in [6.45, 7) is 8.02. The Morgan fingerprint density at radius 1 is 1.12 bits per heavy atom. The third kappa shape index (κ3) is 3.09. The average Bonchev–Trinajstić information content (AvgIpc) is 3.09. The second-order valence-electron chi connectivity index (χ2n) is 6.80. The van der Waals surface area contributed by atoms with Gasteiger partial charge in [0.15, 0.2) is 0 Å². The van der Waals surface area contributed by atoms with Crippen molar-refractivity contribution in [2.45, 2.75) is 45.5 Å². The van der Waals surface area contributed by atoms with Crippen molar-refractivity contribution in [2.75, 3.05) is 0 Å². The largest absolute Gasteiger partial charge is 0.514 e. The molecule has 6 nitrogen and oxygen atoms in total. The lowest BCUT2D eigenvalue weighted by molar-refractivity contribution is 0.00578. The topological polar surface area (TPSA) is 62.6 Å². The van der Waals surface area contributed by atoms with Gasteiger partial charge in [-0.25, -0.2) is 4.79 Å². The van der Waals surface area contributed by atoms with Crippen LogP contribution in [-0.4, -0.2) is 34.2 Å². The molecular formula is C17H21BN2O4. The van der Waals surface area contributed by atoms with Gasteiger partial charge in [-0.15, -0.1) is 0 Å². The van der Waals surface area contributed by atoms with Crippen molar-refractivity contribution in [3.8, 4) is 0 Å². The molecule has 0 amide bonds. The summed E-state index contributed by atoms with van der Waals surface area (Å²) < 4.78 is 18.5. The molecule has 0 atom stereocenters. The molecule has 1 aliphatic heterocycles. The maximum absolute atomic E-state index is 12.3. The Labute approximate surface area is 141 Å². The highest BCUT2D eigenvalue weighted by molar-refractivity contribution is 6.61. The van der Waals surface area contributed by atoms with Gasteiger partial charge in [-0.2, -0.15) is 9.78 Å². The van der Waals surface area contributed by atoms with Crippen molar-refractivity contribution in [2.24, 2.45) is 0 Å². The summed E-state index contributed by atoms with van der Waals surface area (Å²) in [5.74, 6) is 0. The second kappa shape index (κ2) is 6.07. The first kappa shape index (κ1) is 16.7. The van der Waals surface area contributed by atoms with E-state index >= 15 is 0 Å². The van der Waals surface area contributed by atoms with Crippen LogP contribution in [0.1, 0.15) is 33.3 Å². The summed E-state index contributed by atoms with van der Waals surface area (Å²) in [6.07, 6.45) is 0.970.